The topological polar surface area (TPSA) is 19.1 Å². The van der Waals surface area contributed by atoms with Crippen molar-refractivity contribution in [2.45, 2.75) is 34.6 Å². The monoisotopic (exact) mass is 552 g/mol. The van der Waals surface area contributed by atoms with Crippen LogP contribution in [0.1, 0.15) is 27.8 Å². The molecule has 0 unspecified atom stereocenters. The fourth-order valence-electron chi connectivity index (χ4n) is 8.09. The average Bonchev–Trinajstić information content (AvgIpc) is 3.40. The summed E-state index contributed by atoms with van der Waals surface area (Å²) in [5, 5.41) is 9.00. The molecule has 5 heterocycles. The molecule has 0 saturated heterocycles. The van der Waals surface area contributed by atoms with Gasteiger partial charge in [-0.3, -0.25) is 0 Å². The number of aryl methyl sites for hydroxylation is 5. The van der Waals surface area contributed by atoms with Crippen LogP contribution in [0, 0.1) is 34.6 Å². The van der Waals surface area contributed by atoms with Gasteiger partial charge in [-0.2, -0.15) is 0 Å². The predicted molar refractivity (Wildman–Crippen MR) is 172 cm³/mol. The van der Waals surface area contributed by atoms with Crippen LogP contribution in [-0.4, -0.2) is 9.13 Å². The molecule has 0 bridgehead atoms. The van der Waals surface area contributed by atoms with Crippen LogP contribution in [0.4, 0.5) is 0 Å². The van der Waals surface area contributed by atoms with E-state index in [1.165, 1.54) is 98.7 Å². The zero-order chi connectivity index (χ0) is 27.0. The second-order valence-corrected chi connectivity index (χ2v) is 16.3. The van der Waals surface area contributed by atoms with Crippen molar-refractivity contribution in [1.82, 2.24) is 9.13 Å². The van der Waals surface area contributed by atoms with Crippen LogP contribution in [0.15, 0.2) is 60.7 Å². The van der Waals surface area contributed by atoms with E-state index in [1.54, 1.807) is 0 Å². The molecule has 0 spiro atoms. The van der Waals surface area contributed by atoms with Gasteiger partial charge in [-0.15, -0.1) is 0 Å². The minimum absolute atomic E-state index is 0.943. The molecule has 3 aliphatic heterocycles. The second kappa shape index (κ2) is 6.54. The van der Waals surface area contributed by atoms with E-state index in [0.717, 1.165) is 11.5 Å². The van der Waals surface area contributed by atoms with Gasteiger partial charge in [0.2, 0.25) is 0 Å². The maximum Gasteiger partial charge on any atom is 0.138 e. The molecule has 3 nitrogen and oxygen atoms in total. The molecule has 0 saturated carbocycles. The van der Waals surface area contributed by atoms with Crippen molar-refractivity contribution in [2.75, 3.05) is 0 Å². The van der Waals surface area contributed by atoms with Gasteiger partial charge in [-0.25, -0.2) is 0 Å². The van der Waals surface area contributed by atoms with Crippen molar-refractivity contribution in [2.24, 2.45) is 0 Å². The van der Waals surface area contributed by atoms with Gasteiger partial charge < -0.3 is 13.9 Å². The molecule has 40 heavy (non-hydrogen) atoms. The first-order valence-electron chi connectivity index (χ1n) is 13.9. The first-order chi connectivity index (χ1) is 19.3. The number of hydrogen-bond acceptors (Lipinski definition) is 2. The lowest BCUT2D eigenvalue weighted by Gasteiger charge is -2.42. The molecule has 0 aliphatic carbocycles. The minimum Gasteiger partial charge on any atom is -0.456 e. The van der Waals surface area contributed by atoms with Gasteiger partial charge in [0.15, 0.2) is 0 Å². The smallest absolute Gasteiger partial charge is 0.138 e. The van der Waals surface area contributed by atoms with Gasteiger partial charge in [-0.1, -0.05) is 35.1 Å². The first-order valence-corrected chi connectivity index (χ1v) is 16.7. The van der Waals surface area contributed by atoms with Crippen molar-refractivity contribution in [3.05, 3.63) is 88.5 Å². The molecule has 0 radical (unpaired) electrons. The average molecular weight is 553 g/mol. The van der Waals surface area contributed by atoms with Crippen LogP contribution < -0.4 is 20.7 Å². The zero-order valence-corrected chi connectivity index (χ0v) is 24.6. The molecule has 10 rings (SSSR count). The van der Waals surface area contributed by atoms with Gasteiger partial charge in [0.25, 0.3) is 0 Å². The summed E-state index contributed by atoms with van der Waals surface area (Å²) >= 11 is 7.15. The Morgan fingerprint density at radius 3 is 1.52 bits per heavy atom. The Kier molecular flexibility index (Phi) is 3.58. The Balaban J connectivity index is 1.57. The highest BCUT2D eigenvalue weighted by Crippen LogP contribution is 2.63. The highest BCUT2D eigenvalue weighted by atomic mass is 32.4. The van der Waals surface area contributed by atoms with Crippen LogP contribution in [0.25, 0.3) is 55.0 Å². The molecular formula is C35H25N2OPS. The van der Waals surface area contributed by atoms with E-state index in [1.807, 2.05) is 0 Å². The molecule has 192 valence electrons. The van der Waals surface area contributed by atoms with Crippen LogP contribution >= 0.6 is 6.04 Å². The number of rotatable bonds is 0. The largest absolute Gasteiger partial charge is 0.456 e. The van der Waals surface area contributed by atoms with E-state index >= 15 is 0 Å². The van der Waals surface area contributed by atoms with E-state index < -0.39 is 6.04 Å². The third-order valence-corrected chi connectivity index (χ3v) is 14.4. The fourth-order valence-corrected chi connectivity index (χ4v) is 13.2. The summed E-state index contributed by atoms with van der Waals surface area (Å²) in [7, 11) is 0. The van der Waals surface area contributed by atoms with Gasteiger partial charge in [0.05, 0.1) is 50.1 Å². The Morgan fingerprint density at radius 2 is 1.05 bits per heavy atom. The summed E-state index contributed by atoms with van der Waals surface area (Å²) in [5.41, 5.74) is 13.7. The summed E-state index contributed by atoms with van der Waals surface area (Å²) < 4.78 is 11.9. The summed E-state index contributed by atoms with van der Waals surface area (Å²) in [6.45, 7) is 11.0. The molecule has 5 aromatic carbocycles. The highest BCUT2D eigenvalue weighted by molar-refractivity contribution is 8.26. The van der Waals surface area contributed by atoms with Gasteiger partial charge >= 0.3 is 0 Å². The number of benzene rings is 5. The lowest BCUT2D eigenvalue weighted by Crippen LogP contribution is -2.41. The SMILES string of the molecule is Cc1cc2c3c(c1)-n1c4ccc(C)cc4c4c(C)cc5c(c41)P3(=S)c1c(cc(C)c3c4cc(C)ccc4n-2c13)O5. The number of fused-ring (bicyclic) bond motifs is 8. The zero-order valence-electron chi connectivity index (χ0n) is 22.9. The quantitative estimate of drug-likeness (QED) is 0.178. The van der Waals surface area contributed by atoms with E-state index in [2.05, 4.69) is 104 Å². The lowest BCUT2D eigenvalue weighted by molar-refractivity contribution is 0.488. The van der Waals surface area contributed by atoms with Crippen LogP contribution in [0.5, 0.6) is 11.5 Å². The van der Waals surface area contributed by atoms with Crippen LogP contribution in [-0.2, 0) is 11.8 Å². The molecule has 0 amide bonds. The van der Waals surface area contributed by atoms with Crippen molar-refractivity contribution in [3.63, 3.8) is 0 Å². The normalized spacial score (nSPS) is 15.1. The highest BCUT2D eigenvalue weighted by Gasteiger charge is 2.49. The number of hydrogen-bond donors (Lipinski definition) is 0. The third kappa shape index (κ3) is 2.15. The van der Waals surface area contributed by atoms with Gasteiger partial charge in [0.1, 0.15) is 11.5 Å². The van der Waals surface area contributed by atoms with Crippen LogP contribution in [0.2, 0.25) is 0 Å². The summed E-state index contributed by atoms with van der Waals surface area (Å²) in [6.07, 6.45) is 0. The molecule has 2 aromatic heterocycles. The van der Waals surface area contributed by atoms with Crippen LogP contribution in [0.3, 0.4) is 0 Å². The van der Waals surface area contributed by atoms with E-state index in [0.29, 0.717) is 0 Å². The molecule has 0 atom stereocenters. The first kappa shape index (κ1) is 21.9. The van der Waals surface area contributed by atoms with Crippen molar-refractivity contribution >= 4 is 77.4 Å². The summed E-state index contributed by atoms with van der Waals surface area (Å²) in [4.78, 5) is 0. The Labute approximate surface area is 236 Å². The third-order valence-electron chi connectivity index (χ3n) is 9.51. The number of aromatic nitrogens is 2. The Bertz CT molecular complexity index is 2330. The Hall–Kier alpha value is -3.85. The fraction of sp³-hybridized carbons (Fsp3) is 0.143. The molecule has 5 heteroatoms. The Morgan fingerprint density at radius 1 is 0.575 bits per heavy atom. The van der Waals surface area contributed by atoms with Gasteiger partial charge in [0, 0.05) is 26.8 Å². The number of ether oxygens (including phenoxy) is 1. The second-order valence-electron chi connectivity index (χ2n) is 12.1. The maximum absolute atomic E-state index is 7.15. The standard InChI is InChI=1S/C35H25N2OPS/c1-16-6-8-23-21(10-16)29-19(4)14-27-34-31(29)36(23)25-12-18(3)13-26-33(25)39(34,40)35-28(38-27)15-20(5)30-22-11-17(2)7-9-24(22)37(26)32(30)35/h6-15H,1-5H3. The molecule has 3 aliphatic rings. The van der Waals surface area contributed by atoms with Gasteiger partial charge in [-0.05, 0) is 99.8 Å². The van der Waals surface area contributed by atoms with E-state index in [-0.39, 0.29) is 0 Å². The molecule has 0 fully saturated rings. The van der Waals surface area contributed by atoms with E-state index in [4.69, 9.17) is 16.5 Å². The van der Waals surface area contributed by atoms with Crippen molar-refractivity contribution in [1.29, 1.82) is 0 Å². The molecular weight excluding hydrogens is 527 g/mol. The van der Waals surface area contributed by atoms with Crippen molar-refractivity contribution in [3.8, 4) is 22.9 Å². The lowest BCUT2D eigenvalue weighted by atomic mass is 10.0. The molecule has 7 aromatic rings. The maximum atomic E-state index is 7.15. The van der Waals surface area contributed by atoms with Crippen molar-refractivity contribution < 1.29 is 4.74 Å². The summed E-state index contributed by atoms with van der Waals surface area (Å²) in [6, 6.07) is 20.6. The summed E-state index contributed by atoms with van der Waals surface area (Å²) in [5.74, 6) is 1.89. The number of nitrogens with zero attached hydrogens (tertiary/aromatic N) is 2. The predicted octanol–water partition coefficient (Wildman–Crippen LogP) is 7.91. The van der Waals surface area contributed by atoms with E-state index in [9.17, 15) is 0 Å². The minimum atomic E-state index is -2.45. The molecule has 0 N–H and O–H groups in total.